The molecule has 0 bridgehead atoms. The van der Waals surface area contributed by atoms with Crippen LogP contribution in [0.5, 0.6) is 0 Å². The maximum Gasteiger partial charge on any atom is 0.410 e. The molecule has 2 aliphatic heterocycles. The number of nitrogens with zero attached hydrogens (tertiary/aromatic N) is 2. The van der Waals surface area contributed by atoms with Gasteiger partial charge in [-0.1, -0.05) is 17.2 Å². The molecule has 1 saturated carbocycles. The van der Waals surface area contributed by atoms with Crippen LogP contribution in [0.2, 0.25) is 0 Å². The standard InChI is InChI=1S/C20H22N2O6/c1-19(2,3)27-18(26)21-9-8-20(11-21)10-14(20)17(25)28-22-15(23)12-6-4-5-7-13(12)16(22)24/h4-7,14H,8-11H2,1-3H3. The van der Waals surface area contributed by atoms with Gasteiger partial charge < -0.3 is 14.5 Å². The van der Waals surface area contributed by atoms with Gasteiger partial charge in [0.25, 0.3) is 11.8 Å². The number of likely N-dealkylation sites (tertiary alicyclic amines) is 1. The van der Waals surface area contributed by atoms with Crippen molar-refractivity contribution in [3.8, 4) is 0 Å². The third kappa shape index (κ3) is 3.02. The van der Waals surface area contributed by atoms with Gasteiger partial charge in [-0.05, 0) is 45.7 Å². The van der Waals surface area contributed by atoms with Crippen molar-refractivity contribution >= 4 is 23.9 Å². The molecule has 2 fully saturated rings. The molecule has 0 N–H and O–H groups in total. The maximum absolute atomic E-state index is 12.6. The van der Waals surface area contributed by atoms with Gasteiger partial charge in [-0.3, -0.25) is 9.59 Å². The minimum absolute atomic E-state index is 0.225. The Labute approximate surface area is 162 Å². The van der Waals surface area contributed by atoms with E-state index in [9.17, 15) is 19.2 Å². The molecule has 2 unspecified atom stereocenters. The molecule has 1 saturated heterocycles. The number of benzene rings is 1. The van der Waals surface area contributed by atoms with Crippen molar-refractivity contribution in [1.82, 2.24) is 9.96 Å². The van der Waals surface area contributed by atoms with E-state index in [-0.39, 0.29) is 16.5 Å². The lowest BCUT2D eigenvalue weighted by Crippen LogP contribution is -2.36. The van der Waals surface area contributed by atoms with E-state index in [1.54, 1.807) is 37.8 Å². The van der Waals surface area contributed by atoms with Crippen LogP contribution in [0.1, 0.15) is 54.3 Å². The fourth-order valence-corrected chi connectivity index (χ4v) is 3.91. The molecular weight excluding hydrogens is 364 g/mol. The Hall–Kier alpha value is -2.90. The number of fused-ring (bicyclic) bond motifs is 1. The number of hydroxylamine groups is 2. The summed E-state index contributed by atoms with van der Waals surface area (Å²) in [6.07, 6.45) is 0.825. The van der Waals surface area contributed by atoms with E-state index < -0.39 is 35.4 Å². The Balaban J connectivity index is 1.38. The normalized spacial score (nSPS) is 25.9. The average Bonchev–Trinajstić information content (AvgIpc) is 3.07. The minimum Gasteiger partial charge on any atom is -0.444 e. The van der Waals surface area contributed by atoms with Crippen LogP contribution in [0, 0.1) is 11.3 Å². The first kappa shape index (κ1) is 18.5. The number of hydrogen-bond acceptors (Lipinski definition) is 6. The monoisotopic (exact) mass is 386 g/mol. The van der Waals surface area contributed by atoms with Gasteiger partial charge in [0.2, 0.25) is 0 Å². The molecule has 0 radical (unpaired) electrons. The summed E-state index contributed by atoms with van der Waals surface area (Å²) in [5.41, 5.74) is -0.488. The van der Waals surface area contributed by atoms with Gasteiger partial charge >= 0.3 is 12.1 Å². The molecule has 4 rings (SSSR count). The number of ether oxygens (including phenoxy) is 1. The van der Waals surface area contributed by atoms with Gasteiger partial charge in [-0.2, -0.15) is 0 Å². The molecule has 3 amide bonds. The van der Waals surface area contributed by atoms with Gasteiger partial charge in [0.05, 0.1) is 17.0 Å². The molecule has 8 nitrogen and oxygen atoms in total. The van der Waals surface area contributed by atoms with Crippen LogP contribution in [-0.4, -0.2) is 52.5 Å². The number of carbonyl (C=O) groups excluding carboxylic acids is 4. The first-order chi connectivity index (χ1) is 13.1. The third-order valence-electron chi connectivity index (χ3n) is 5.45. The fourth-order valence-electron chi connectivity index (χ4n) is 3.91. The van der Waals surface area contributed by atoms with Crippen LogP contribution in [0.15, 0.2) is 24.3 Å². The average molecular weight is 386 g/mol. The van der Waals surface area contributed by atoms with Crippen molar-refractivity contribution in [2.45, 2.75) is 39.2 Å². The lowest BCUT2D eigenvalue weighted by molar-refractivity contribution is -0.171. The highest BCUT2D eigenvalue weighted by Gasteiger charge is 2.63. The summed E-state index contributed by atoms with van der Waals surface area (Å²) < 4.78 is 5.38. The molecule has 148 valence electrons. The zero-order chi connectivity index (χ0) is 20.3. The second-order valence-electron chi connectivity index (χ2n) is 8.63. The molecule has 2 atom stereocenters. The number of carbonyl (C=O) groups is 4. The molecule has 8 heteroatoms. The summed E-state index contributed by atoms with van der Waals surface area (Å²) in [6.45, 7) is 6.32. The number of imide groups is 1. The van der Waals surface area contributed by atoms with Crippen molar-refractivity contribution in [3.63, 3.8) is 0 Å². The molecule has 1 aromatic carbocycles. The fraction of sp³-hybridized carbons (Fsp3) is 0.500. The Bertz CT molecular complexity index is 854. The SMILES string of the molecule is CC(C)(C)OC(=O)N1CCC2(CC2C(=O)ON2C(=O)c3ccccc3C2=O)C1. The van der Waals surface area contributed by atoms with Crippen molar-refractivity contribution in [3.05, 3.63) is 35.4 Å². The van der Waals surface area contributed by atoms with Crippen LogP contribution in [0.3, 0.4) is 0 Å². The first-order valence-corrected chi connectivity index (χ1v) is 9.29. The van der Waals surface area contributed by atoms with Gasteiger partial charge in [0.15, 0.2) is 0 Å². The summed E-state index contributed by atoms with van der Waals surface area (Å²) in [5, 5.41) is 0.541. The highest BCUT2D eigenvalue weighted by atomic mass is 16.7. The van der Waals surface area contributed by atoms with Gasteiger partial charge in [-0.15, -0.1) is 0 Å². The Morgan fingerprint density at radius 3 is 2.29 bits per heavy atom. The third-order valence-corrected chi connectivity index (χ3v) is 5.45. The van der Waals surface area contributed by atoms with E-state index in [1.807, 2.05) is 0 Å². The van der Waals surface area contributed by atoms with Crippen molar-refractivity contribution < 1.29 is 28.8 Å². The maximum atomic E-state index is 12.6. The lowest BCUT2D eigenvalue weighted by atomic mass is 10.0. The van der Waals surface area contributed by atoms with Crippen LogP contribution < -0.4 is 0 Å². The van der Waals surface area contributed by atoms with Crippen molar-refractivity contribution in [2.24, 2.45) is 11.3 Å². The van der Waals surface area contributed by atoms with Gasteiger partial charge in [-0.25, -0.2) is 9.59 Å². The van der Waals surface area contributed by atoms with Crippen LogP contribution in [0.4, 0.5) is 4.79 Å². The quantitative estimate of drug-likeness (QED) is 0.725. The molecule has 1 aliphatic carbocycles. The number of hydrogen-bond donors (Lipinski definition) is 0. The molecular formula is C20H22N2O6. The van der Waals surface area contributed by atoms with E-state index in [1.165, 1.54) is 12.1 Å². The largest absolute Gasteiger partial charge is 0.444 e. The topological polar surface area (TPSA) is 93.2 Å². The second-order valence-corrected chi connectivity index (χ2v) is 8.63. The van der Waals surface area contributed by atoms with E-state index in [0.717, 1.165) is 0 Å². The molecule has 0 aromatic heterocycles. The van der Waals surface area contributed by atoms with Crippen LogP contribution in [-0.2, 0) is 14.4 Å². The van der Waals surface area contributed by atoms with E-state index in [4.69, 9.17) is 9.57 Å². The molecule has 2 heterocycles. The molecule has 28 heavy (non-hydrogen) atoms. The van der Waals surface area contributed by atoms with Gasteiger partial charge in [0.1, 0.15) is 5.60 Å². The first-order valence-electron chi connectivity index (χ1n) is 9.29. The smallest absolute Gasteiger partial charge is 0.410 e. The summed E-state index contributed by atoms with van der Waals surface area (Å²) in [5.74, 6) is -2.32. The number of amides is 3. The van der Waals surface area contributed by atoms with Gasteiger partial charge in [0, 0.05) is 18.5 Å². The second kappa shape index (κ2) is 6.05. The Kier molecular flexibility index (Phi) is 3.99. The van der Waals surface area contributed by atoms with Crippen LogP contribution >= 0.6 is 0 Å². The lowest BCUT2D eigenvalue weighted by Gasteiger charge is -2.24. The van der Waals surface area contributed by atoms with Crippen molar-refractivity contribution in [1.29, 1.82) is 0 Å². The molecule has 1 aromatic rings. The van der Waals surface area contributed by atoms with Crippen molar-refractivity contribution in [2.75, 3.05) is 13.1 Å². The van der Waals surface area contributed by atoms with E-state index in [0.29, 0.717) is 31.0 Å². The zero-order valence-electron chi connectivity index (χ0n) is 16.1. The summed E-state index contributed by atoms with van der Waals surface area (Å²) in [6, 6.07) is 6.35. The highest BCUT2D eigenvalue weighted by molar-refractivity contribution is 6.20. The van der Waals surface area contributed by atoms with E-state index >= 15 is 0 Å². The predicted octanol–water partition coefficient (Wildman–Crippen LogP) is 2.39. The summed E-state index contributed by atoms with van der Waals surface area (Å²) in [4.78, 5) is 56.2. The predicted molar refractivity (Wildman–Crippen MR) is 96.0 cm³/mol. The van der Waals surface area contributed by atoms with E-state index in [2.05, 4.69) is 0 Å². The summed E-state index contributed by atoms with van der Waals surface area (Å²) in [7, 11) is 0. The highest BCUT2D eigenvalue weighted by Crippen LogP contribution is 2.59. The Morgan fingerprint density at radius 1 is 1.11 bits per heavy atom. The minimum atomic E-state index is -0.634. The zero-order valence-corrected chi connectivity index (χ0v) is 16.1. The molecule has 1 spiro atoms. The summed E-state index contributed by atoms with van der Waals surface area (Å²) >= 11 is 0. The molecule has 3 aliphatic rings. The number of rotatable bonds is 2. The van der Waals surface area contributed by atoms with Crippen LogP contribution in [0.25, 0.3) is 0 Å². The Morgan fingerprint density at radius 2 is 1.71 bits per heavy atom.